The number of hydrogen-bond acceptors (Lipinski definition) is 3. The van der Waals surface area contributed by atoms with Crippen molar-refractivity contribution in [3.05, 3.63) is 35.6 Å². The van der Waals surface area contributed by atoms with E-state index in [1.807, 2.05) is 0 Å². The van der Waals surface area contributed by atoms with Crippen LogP contribution in [0.2, 0.25) is 0 Å². The zero-order valence-electron chi connectivity index (χ0n) is 14.4. The standard InChI is InChI=1S/C18H24FN3O3/c1-20-17(25)18(10-3-2-4-11-18)22-15(23)9-12-21-16(24)13-5-7-14(19)8-6-13/h5-8H,2-4,9-12H2,1H3,(H,20,25)(H,21,24)(H,22,23). The highest BCUT2D eigenvalue weighted by Gasteiger charge is 2.39. The summed E-state index contributed by atoms with van der Waals surface area (Å²) in [6.07, 6.45) is 4.18. The molecule has 1 aromatic carbocycles. The van der Waals surface area contributed by atoms with Crippen LogP contribution in [0.4, 0.5) is 4.39 Å². The zero-order chi connectivity index (χ0) is 18.3. The van der Waals surface area contributed by atoms with E-state index in [1.165, 1.54) is 24.3 Å². The molecule has 0 aliphatic heterocycles. The molecule has 3 N–H and O–H groups in total. The maximum Gasteiger partial charge on any atom is 0.251 e. The molecule has 0 heterocycles. The first-order valence-corrected chi connectivity index (χ1v) is 8.54. The fraction of sp³-hybridized carbons (Fsp3) is 0.500. The smallest absolute Gasteiger partial charge is 0.251 e. The van der Waals surface area contributed by atoms with Gasteiger partial charge in [0, 0.05) is 25.6 Å². The summed E-state index contributed by atoms with van der Waals surface area (Å²) in [6, 6.07) is 5.18. The van der Waals surface area contributed by atoms with Gasteiger partial charge in [-0.2, -0.15) is 0 Å². The summed E-state index contributed by atoms with van der Waals surface area (Å²) in [7, 11) is 1.56. The Kier molecular flexibility index (Phi) is 6.50. The van der Waals surface area contributed by atoms with E-state index >= 15 is 0 Å². The molecule has 0 aromatic heterocycles. The minimum atomic E-state index is -0.842. The summed E-state index contributed by atoms with van der Waals surface area (Å²) >= 11 is 0. The summed E-state index contributed by atoms with van der Waals surface area (Å²) in [5.41, 5.74) is -0.513. The van der Waals surface area contributed by atoms with Crippen LogP contribution < -0.4 is 16.0 Å². The second-order valence-corrected chi connectivity index (χ2v) is 6.28. The van der Waals surface area contributed by atoms with Gasteiger partial charge in [-0.1, -0.05) is 19.3 Å². The van der Waals surface area contributed by atoms with Crippen LogP contribution in [-0.2, 0) is 9.59 Å². The van der Waals surface area contributed by atoms with Gasteiger partial charge in [-0.05, 0) is 37.1 Å². The molecule has 6 nitrogen and oxygen atoms in total. The molecule has 0 radical (unpaired) electrons. The highest BCUT2D eigenvalue weighted by atomic mass is 19.1. The monoisotopic (exact) mass is 349 g/mol. The average Bonchev–Trinajstić information content (AvgIpc) is 2.62. The molecule has 0 saturated heterocycles. The highest BCUT2D eigenvalue weighted by Crippen LogP contribution is 2.28. The molecule has 25 heavy (non-hydrogen) atoms. The minimum Gasteiger partial charge on any atom is -0.357 e. The van der Waals surface area contributed by atoms with Crippen molar-refractivity contribution in [2.24, 2.45) is 0 Å². The third-order valence-corrected chi connectivity index (χ3v) is 4.49. The number of halogens is 1. The molecule has 1 aromatic rings. The number of hydrogen-bond donors (Lipinski definition) is 3. The topological polar surface area (TPSA) is 87.3 Å². The van der Waals surface area contributed by atoms with Crippen molar-refractivity contribution < 1.29 is 18.8 Å². The number of nitrogens with one attached hydrogen (secondary N) is 3. The molecule has 0 bridgehead atoms. The predicted octanol–water partition coefficient (Wildman–Crippen LogP) is 1.51. The van der Waals surface area contributed by atoms with E-state index in [-0.39, 0.29) is 30.7 Å². The van der Waals surface area contributed by atoms with Crippen LogP contribution in [0.15, 0.2) is 24.3 Å². The Hall–Kier alpha value is -2.44. The maximum absolute atomic E-state index is 12.8. The van der Waals surface area contributed by atoms with Gasteiger partial charge in [0.15, 0.2) is 0 Å². The Labute approximate surface area is 146 Å². The van der Waals surface area contributed by atoms with Crippen LogP contribution >= 0.6 is 0 Å². The normalized spacial score (nSPS) is 15.9. The van der Waals surface area contributed by atoms with E-state index in [4.69, 9.17) is 0 Å². The van der Waals surface area contributed by atoms with Gasteiger partial charge in [-0.25, -0.2) is 4.39 Å². The van der Waals surface area contributed by atoms with Gasteiger partial charge in [0.2, 0.25) is 11.8 Å². The van der Waals surface area contributed by atoms with Gasteiger partial charge in [0.1, 0.15) is 11.4 Å². The van der Waals surface area contributed by atoms with Gasteiger partial charge in [-0.15, -0.1) is 0 Å². The third-order valence-electron chi connectivity index (χ3n) is 4.49. The van der Waals surface area contributed by atoms with Crippen molar-refractivity contribution in [2.75, 3.05) is 13.6 Å². The maximum atomic E-state index is 12.8. The predicted molar refractivity (Wildman–Crippen MR) is 91.4 cm³/mol. The minimum absolute atomic E-state index is 0.0751. The largest absolute Gasteiger partial charge is 0.357 e. The molecule has 1 aliphatic rings. The van der Waals surface area contributed by atoms with Gasteiger partial charge < -0.3 is 16.0 Å². The fourth-order valence-corrected chi connectivity index (χ4v) is 3.13. The lowest BCUT2D eigenvalue weighted by Gasteiger charge is -2.36. The van der Waals surface area contributed by atoms with Gasteiger partial charge >= 0.3 is 0 Å². The van der Waals surface area contributed by atoms with E-state index in [2.05, 4.69) is 16.0 Å². The number of amides is 3. The van der Waals surface area contributed by atoms with E-state index in [0.717, 1.165) is 19.3 Å². The third kappa shape index (κ3) is 5.01. The fourth-order valence-electron chi connectivity index (χ4n) is 3.13. The Morgan fingerprint density at radius 3 is 2.32 bits per heavy atom. The molecule has 2 rings (SSSR count). The Bertz CT molecular complexity index is 625. The molecular formula is C18H24FN3O3. The zero-order valence-corrected chi connectivity index (χ0v) is 14.4. The molecule has 0 atom stereocenters. The first-order chi connectivity index (χ1) is 12.0. The first-order valence-electron chi connectivity index (χ1n) is 8.54. The molecular weight excluding hydrogens is 325 g/mol. The van der Waals surface area contributed by atoms with Crippen LogP contribution in [0.3, 0.4) is 0 Å². The Balaban J connectivity index is 1.83. The second-order valence-electron chi connectivity index (χ2n) is 6.28. The van der Waals surface area contributed by atoms with E-state index < -0.39 is 11.4 Å². The molecule has 1 saturated carbocycles. The van der Waals surface area contributed by atoms with E-state index in [1.54, 1.807) is 7.05 Å². The molecule has 0 unspecified atom stereocenters. The van der Waals surface area contributed by atoms with Crippen molar-refractivity contribution >= 4 is 17.7 Å². The summed E-state index contributed by atoms with van der Waals surface area (Å²) < 4.78 is 12.8. The summed E-state index contributed by atoms with van der Waals surface area (Å²) in [5, 5.41) is 8.10. The van der Waals surface area contributed by atoms with Gasteiger partial charge in [-0.3, -0.25) is 14.4 Å². The summed E-state index contributed by atoms with van der Waals surface area (Å²) in [5.74, 6) is -1.23. The van der Waals surface area contributed by atoms with Crippen LogP contribution in [0, 0.1) is 5.82 Å². The first kappa shape index (κ1) is 18.9. The van der Waals surface area contributed by atoms with Crippen molar-refractivity contribution in [2.45, 2.75) is 44.1 Å². The van der Waals surface area contributed by atoms with Crippen molar-refractivity contribution in [3.8, 4) is 0 Å². The number of rotatable bonds is 6. The second kappa shape index (κ2) is 8.60. The Morgan fingerprint density at radius 1 is 1.08 bits per heavy atom. The molecule has 0 spiro atoms. The molecule has 1 fully saturated rings. The highest BCUT2D eigenvalue weighted by molar-refractivity contribution is 5.94. The van der Waals surface area contributed by atoms with Crippen molar-refractivity contribution in [3.63, 3.8) is 0 Å². The quantitative estimate of drug-likeness (QED) is 0.727. The van der Waals surface area contributed by atoms with Crippen LogP contribution in [0.5, 0.6) is 0 Å². The van der Waals surface area contributed by atoms with Crippen LogP contribution in [0.1, 0.15) is 48.9 Å². The van der Waals surface area contributed by atoms with Crippen LogP contribution in [-0.4, -0.2) is 36.9 Å². The Morgan fingerprint density at radius 2 is 1.72 bits per heavy atom. The number of benzene rings is 1. The molecule has 3 amide bonds. The summed E-state index contributed by atoms with van der Waals surface area (Å²) in [6.45, 7) is 0.145. The van der Waals surface area contributed by atoms with Crippen molar-refractivity contribution in [1.29, 1.82) is 0 Å². The number of carbonyl (C=O) groups is 3. The lowest BCUT2D eigenvalue weighted by Crippen LogP contribution is -2.59. The van der Waals surface area contributed by atoms with E-state index in [9.17, 15) is 18.8 Å². The molecule has 7 heteroatoms. The lowest BCUT2D eigenvalue weighted by molar-refractivity contribution is -0.134. The number of carbonyl (C=O) groups excluding carboxylic acids is 3. The molecule has 136 valence electrons. The van der Waals surface area contributed by atoms with E-state index in [0.29, 0.717) is 18.4 Å². The lowest BCUT2D eigenvalue weighted by atomic mass is 9.80. The van der Waals surface area contributed by atoms with Gasteiger partial charge in [0.05, 0.1) is 0 Å². The van der Waals surface area contributed by atoms with Crippen molar-refractivity contribution in [1.82, 2.24) is 16.0 Å². The van der Waals surface area contributed by atoms with Gasteiger partial charge in [0.25, 0.3) is 5.91 Å². The number of likely N-dealkylation sites (N-methyl/N-ethyl adjacent to an activating group) is 1. The summed E-state index contributed by atoms with van der Waals surface area (Å²) in [4.78, 5) is 36.3. The SMILES string of the molecule is CNC(=O)C1(NC(=O)CCNC(=O)c2ccc(F)cc2)CCCCC1. The average molecular weight is 349 g/mol. The van der Waals surface area contributed by atoms with Crippen LogP contribution in [0.25, 0.3) is 0 Å². The molecule has 1 aliphatic carbocycles.